The van der Waals surface area contributed by atoms with Crippen molar-refractivity contribution in [2.24, 2.45) is 11.8 Å². The number of methoxy groups -OCH3 is 1. The number of hydrogen-bond donors (Lipinski definition) is 3. The van der Waals surface area contributed by atoms with Crippen molar-refractivity contribution in [2.45, 2.75) is 32.4 Å². The Hall–Kier alpha value is -1.17. The molecule has 0 aliphatic carbocycles. The molecule has 1 rings (SSSR count). The number of hydrazine groups is 1. The summed E-state index contributed by atoms with van der Waals surface area (Å²) >= 11 is 0. The Morgan fingerprint density at radius 2 is 2.18 bits per heavy atom. The van der Waals surface area contributed by atoms with Gasteiger partial charge in [-0.2, -0.15) is 0 Å². The fourth-order valence-electron chi connectivity index (χ4n) is 2.02. The SMILES string of the molecule is COC(C(C)C)C(Cc1cnccc1N)NN. The molecule has 0 spiro atoms. The molecule has 2 atom stereocenters. The number of aromatic nitrogens is 1. The molecule has 0 saturated heterocycles. The molecule has 0 aliphatic rings. The Balaban J connectivity index is 2.79. The number of nitrogen functional groups attached to an aromatic ring is 1. The molecule has 5 heteroatoms. The number of ether oxygens (including phenoxy) is 1. The first-order chi connectivity index (χ1) is 8.10. The summed E-state index contributed by atoms with van der Waals surface area (Å²) in [5, 5.41) is 0. The number of pyridine rings is 1. The van der Waals surface area contributed by atoms with Crippen LogP contribution in [0.15, 0.2) is 18.5 Å². The molecule has 2 unspecified atom stereocenters. The summed E-state index contributed by atoms with van der Waals surface area (Å²) in [7, 11) is 1.70. The Labute approximate surface area is 103 Å². The van der Waals surface area contributed by atoms with Crippen molar-refractivity contribution in [3.8, 4) is 0 Å². The van der Waals surface area contributed by atoms with Gasteiger partial charge in [-0.15, -0.1) is 0 Å². The molecule has 0 aromatic carbocycles. The van der Waals surface area contributed by atoms with Crippen molar-refractivity contribution >= 4 is 5.69 Å². The first-order valence-electron chi connectivity index (χ1n) is 5.77. The van der Waals surface area contributed by atoms with Gasteiger partial charge in [0.1, 0.15) is 0 Å². The van der Waals surface area contributed by atoms with Gasteiger partial charge in [0, 0.05) is 25.2 Å². The Morgan fingerprint density at radius 1 is 1.47 bits per heavy atom. The summed E-state index contributed by atoms with van der Waals surface area (Å²) in [6, 6.07) is 1.81. The van der Waals surface area contributed by atoms with E-state index in [0.29, 0.717) is 12.3 Å². The third-order valence-electron chi connectivity index (χ3n) is 2.92. The minimum absolute atomic E-state index is 0.0199. The molecule has 1 aromatic heterocycles. The molecular weight excluding hydrogens is 216 g/mol. The van der Waals surface area contributed by atoms with Gasteiger partial charge in [-0.1, -0.05) is 13.8 Å². The lowest BCUT2D eigenvalue weighted by Gasteiger charge is -2.28. The van der Waals surface area contributed by atoms with E-state index in [2.05, 4.69) is 24.3 Å². The average Bonchev–Trinajstić information content (AvgIpc) is 2.30. The zero-order valence-electron chi connectivity index (χ0n) is 10.7. The molecule has 96 valence electrons. The Bertz CT molecular complexity index is 343. The largest absolute Gasteiger partial charge is 0.398 e. The minimum atomic E-state index is 0.0199. The first kappa shape index (κ1) is 13.9. The summed E-state index contributed by atoms with van der Waals surface area (Å²) in [5.74, 6) is 5.97. The zero-order chi connectivity index (χ0) is 12.8. The minimum Gasteiger partial charge on any atom is -0.398 e. The van der Waals surface area contributed by atoms with Gasteiger partial charge in [0.25, 0.3) is 0 Å². The van der Waals surface area contributed by atoms with Crippen LogP contribution in [0.2, 0.25) is 0 Å². The van der Waals surface area contributed by atoms with Crippen molar-refractivity contribution in [2.75, 3.05) is 12.8 Å². The van der Waals surface area contributed by atoms with E-state index in [1.807, 2.05) is 0 Å². The third kappa shape index (κ3) is 3.66. The average molecular weight is 238 g/mol. The van der Waals surface area contributed by atoms with Gasteiger partial charge >= 0.3 is 0 Å². The van der Waals surface area contributed by atoms with E-state index in [1.165, 1.54) is 0 Å². The van der Waals surface area contributed by atoms with E-state index in [1.54, 1.807) is 25.6 Å². The molecule has 5 nitrogen and oxygen atoms in total. The van der Waals surface area contributed by atoms with Crippen molar-refractivity contribution < 1.29 is 4.74 Å². The van der Waals surface area contributed by atoms with Crippen LogP contribution in [0.4, 0.5) is 5.69 Å². The third-order valence-corrected chi connectivity index (χ3v) is 2.92. The highest BCUT2D eigenvalue weighted by molar-refractivity contribution is 5.44. The molecule has 0 bridgehead atoms. The van der Waals surface area contributed by atoms with E-state index in [4.69, 9.17) is 16.3 Å². The molecule has 17 heavy (non-hydrogen) atoms. The molecule has 1 heterocycles. The van der Waals surface area contributed by atoms with Crippen molar-refractivity contribution in [1.29, 1.82) is 0 Å². The molecule has 0 amide bonds. The van der Waals surface area contributed by atoms with Gasteiger partial charge in [0.15, 0.2) is 0 Å². The second kappa shape index (κ2) is 6.54. The van der Waals surface area contributed by atoms with Crippen LogP contribution in [0.25, 0.3) is 0 Å². The smallest absolute Gasteiger partial charge is 0.0763 e. The van der Waals surface area contributed by atoms with Crippen LogP contribution >= 0.6 is 0 Å². The van der Waals surface area contributed by atoms with Gasteiger partial charge in [-0.25, -0.2) is 0 Å². The zero-order valence-corrected chi connectivity index (χ0v) is 10.7. The molecule has 5 N–H and O–H groups in total. The molecule has 0 fully saturated rings. The Kier molecular flexibility index (Phi) is 5.34. The number of nitrogens with one attached hydrogen (secondary N) is 1. The molecule has 0 aliphatic heterocycles. The van der Waals surface area contributed by atoms with Gasteiger partial charge in [-0.3, -0.25) is 16.3 Å². The van der Waals surface area contributed by atoms with Crippen molar-refractivity contribution in [3.05, 3.63) is 24.0 Å². The fraction of sp³-hybridized carbons (Fsp3) is 0.583. The molecule has 0 radical (unpaired) electrons. The molecule has 0 saturated carbocycles. The summed E-state index contributed by atoms with van der Waals surface area (Å²) in [6.45, 7) is 4.20. The van der Waals surface area contributed by atoms with Crippen LogP contribution in [0.3, 0.4) is 0 Å². The Morgan fingerprint density at radius 3 is 2.65 bits per heavy atom. The fourth-order valence-corrected chi connectivity index (χ4v) is 2.02. The second-order valence-electron chi connectivity index (χ2n) is 4.50. The van der Waals surface area contributed by atoms with Gasteiger partial charge < -0.3 is 10.5 Å². The van der Waals surface area contributed by atoms with E-state index in [9.17, 15) is 0 Å². The van der Waals surface area contributed by atoms with E-state index < -0.39 is 0 Å². The summed E-state index contributed by atoms with van der Waals surface area (Å²) in [6.07, 6.45) is 4.19. The standard InChI is InChI=1S/C12H22N4O/c1-8(2)12(17-3)11(16-14)6-9-7-15-5-4-10(9)13/h4-5,7-8,11-12,16H,6,14H2,1-3H3,(H2,13,15). The number of nitrogens with zero attached hydrogens (tertiary/aromatic N) is 1. The predicted molar refractivity (Wildman–Crippen MR) is 69.1 cm³/mol. The van der Waals surface area contributed by atoms with Crippen LogP contribution in [-0.4, -0.2) is 24.2 Å². The normalized spacial score (nSPS) is 14.9. The van der Waals surface area contributed by atoms with Gasteiger partial charge in [0.2, 0.25) is 0 Å². The summed E-state index contributed by atoms with van der Waals surface area (Å²) in [4.78, 5) is 4.07. The topological polar surface area (TPSA) is 86.2 Å². The second-order valence-corrected chi connectivity index (χ2v) is 4.50. The van der Waals surface area contributed by atoms with E-state index in [-0.39, 0.29) is 12.1 Å². The number of anilines is 1. The van der Waals surface area contributed by atoms with Gasteiger partial charge in [-0.05, 0) is 24.0 Å². The maximum atomic E-state index is 5.89. The van der Waals surface area contributed by atoms with Crippen molar-refractivity contribution in [3.63, 3.8) is 0 Å². The highest BCUT2D eigenvalue weighted by Crippen LogP contribution is 2.17. The number of hydrogen-bond acceptors (Lipinski definition) is 5. The summed E-state index contributed by atoms with van der Waals surface area (Å²) < 4.78 is 5.47. The summed E-state index contributed by atoms with van der Waals surface area (Å²) in [5.41, 5.74) is 10.4. The maximum absolute atomic E-state index is 5.89. The van der Waals surface area contributed by atoms with Crippen LogP contribution < -0.4 is 17.0 Å². The van der Waals surface area contributed by atoms with Crippen LogP contribution in [0, 0.1) is 5.92 Å². The van der Waals surface area contributed by atoms with E-state index in [0.717, 1.165) is 11.3 Å². The highest BCUT2D eigenvalue weighted by Gasteiger charge is 2.24. The first-order valence-corrected chi connectivity index (χ1v) is 5.77. The quantitative estimate of drug-likeness (QED) is 0.502. The van der Waals surface area contributed by atoms with Gasteiger partial charge in [0.05, 0.1) is 12.1 Å². The monoisotopic (exact) mass is 238 g/mol. The lowest BCUT2D eigenvalue weighted by atomic mass is 9.94. The van der Waals surface area contributed by atoms with Crippen LogP contribution in [-0.2, 0) is 11.2 Å². The predicted octanol–water partition coefficient (Wildman–Crippen LogP) is 0.709. The lowest BCUT2D eigenvalue weighted by Crippen LogP contribution is -2.48. The van der Waals surface area contributed by atoms with Crippen LogP contribution in [0.5, 0.6) is 0 Å². The van der Waals surface area contributed by atoms with Crippen LogP contribution in [0.1, 0.15) is 19.4 Å². The molecule has 1 aromatic rings. The highest BCUT2D eigenvalue weighted by atomic mass is 16.5. The number of nitrogens with two attached hydrogens (primary N) is 2. The number of rotatable bonds is 6. The molecular formula is C12H22N4O. The van der Waals surface area contributed by atoms with E-state index >= 15 is 0 Å². The lowest BCUT2D eigenvalue weighted by molar-refractivity contribution is 0.0332. The van der Waals surface area contributed by atoms with Crippen molar-refractivity contribution in [1.82, 2.24) is 10.4 Å². The maximum Gasteiger partial charge on any atom is 0.0763 e.